The number of carboxylic acids is 1. The highest BCUT2D eigenvalue weighted by Gasteiger charge is 2.40. The van der Waals surface area contributed by atoms with E-state index in [0.29, 0.717) is 6.54 Å². The number of carboxylic acid groups (broad SMARTS) is 1. The number of aliphatic carboxylic acids is 1. The van der Waals surface area contributed by atoms with E-state index in [4.69, 9.17) is 4.74 Å². The molecule has 6 nitrogen and oxygen atoms in total. The lowest BCUT2D eigenvalue weighted by Crippen LogP contribution is -2.47. The number of carbonyl (C=O) groups excluding carboxylic acids is 1. The normalized spacial score (nSPS) is 24.5. The van der Waals surface area contributed by atoms with E-state index in [1.54, 1.807) is 11.8 Å². The third-order valence-corrected chi connectivity index (χ3v) is 8.41. The molecule has 2 saturated carbocycles. The summed E-state index contributed by atoms with van der Waals surface area (Å²) in [6.45, 7) is 7.85. The molecule has 0 unspecified atom stereocenters. The predicted molar refractivity (Wildman–Crippen MR) is 137 cm³/mol. The van der Waals surface area contributed by atoms with E-state index in [-0.39, 0.29) is 17.4 Å². The molecule has 0 spiro atoms. The zero-order valence-electron chi connectivity index (χ0n) is 21.6. The summed E-state index contributed by atoms with van der Waals surface area (Å²) in [5, 5.41) is 13.0. The summed E-state index contributed by atoms with van der Waals surface area (Å²) in [7, 11) is 0. The van der Waals surface area contributed by atoms with Crippen LogP contribution in [0.4, 0.5) is 4.79 Å². The van der Waals surface area contributed by atoms with Crippen molar-refractivity contribution in [2.24, 2.45) is 5.92 Å². The maximum atomic E-state index is 12.2. The van der Waals surface area contributed by atoms with Crippen LogP contribution in [0.25, 0.3) is 0 Å². The molecular weight excluding hydrogens is 436 g/mol. The van der Waals surface area contributed by atoms with Gasteiger partial charge in [-0.25, -0.2) is 4.79 Å². The van der Waals surface area contributed by atoms with Crippen molar-refractivity contribution in [1.82, 2.24) is 10.2 Å². The second-order valence-corrected chi connectivity index (χ2v) is 12.1. The van der Waals surface area contributed by atoms with Crippen molar-refractivity contribution < 1.29 is 19.4 Å². The number of likely N-dealkylation sites (tertiary alicyclic amines) is 1. The van der Waals surface area contributed by atoms with Crippen molar-refractivity contribution in [3.8, 4) is 0 Å². The number of thioether (sulfide) groups is 1. The molecule has 0 bridgehead atoms. The number of hydrogen-bond acceptors (Lipinski definition) is 5. The van der Waals surface area contributed by atoms with Crippen molar-refractivity contribution in [3.05, 3.63) is 0 Å². The molecule has 2 aliphatic carbocycles. The highest BCUT2D eigenvalue weighted by atomic mass is 32.2. The van der Waals surface area contributed by atoms with Crippen LogP contribution in [0.15, 0.2) is 0 Å². The van der Waals surface area contributed by atoms with Crippen molar-refractivity contribution in [2.75, 3.05) is 12.8 Å². The molecule has 0 aromatic heterocycles. The van der Waals surface area contributed by atoms with Gasteiger partial charge in [0.15, 0.2) is 0 Å². The van der Waals surface area contributed by atoms with E-state index in [1.165, 1.54) is 76.0 Å². The molecule has 3 rings (SSSR count). The van der Waals surface area contributed by atoms with Crippen LogP contribution in [0.2, 0.25) is 0 Å². The highest BCUT2D eigenvalue weighted by Crippen LogP contribution is 2.32. The number of amides is 1. The molecule has 1 heterocycles. The fourth-order valence-corrected chi connectivity index (χ4v) is 6.51. The van der Waals surface area contributed by atoms with Gasteiger partial charge in [0.1, 0.15) is 5.60 Å². The van der Waals surface area contributed by atoms with Gasteiger partial charge < -0.3 is 20.1 Å². The molecule has 7 heteroatoms. The monoisotopic (exact) mass is 484 g/mol. The van der Waals surface area contributed by atoms with Crippen molar-refractivity contribution in [2.45, 2.75) is 134 Å². The number of nitrogens with zero attached hydrogens (tertiary/aromatic N) is 1. The van der Waals surface area contributed by atoms with Gasteiger partial charge in [-0.2, -0.15) is 11.8 Å². The number of carbonyl (C=O) groups is 2. The maximum Gasteiger partial charge on any atom is 0.410 e. The lowest BCUT2D eigenvalue weighted by Gasteiger charge is -2.34. The zero-order chi connectivity index (χ0) is 24.4. The Morgan fingerprint density at radius 2 is 1.45 bits per heavy atom. The number of hydrogen-bond donors (Lipinski definition) is 2. The minimum atomic E-state index is -0.819. The Kier molecular flexibility index (Phi) is 11.8. The minimum absolute atomic E-state index is 0.0639. The Bertz CT molecular complexity index is 582. The first-order valence-corrected chi connectivity index (χ1v) is 14.4. The van der Waals surface area contributed by atoms with Crippen LogP contribution in [-0.2, 0) is 9.53 Å². The van der Waals surface area contributed by atoms with E-state index in [2.05, 4.69) is 5.32 Å². The Labute approximate surface area is 206 Å². The summed E-state index contributed by atoms with van der Waals surface area (Å²) in [5.74, 6) is -1.31. The van der Waals surface area contributed by atoms with E-state index in [1.807, 2.05) is 27.0 Å². The van der Waals surface area contributed by atoms with Gasteiger partial charge in [-0.05, 0) is 65.6 Å². The first-order valence-electron chi connectivity index (χ1n) is 13.1. The third-order valence-electron chi connectivity index (χ3n) is 7.14. The van der Waals surface area contributed by atoms with Gasteiger partial charge in [0.25, 0.3) is 0 Å². The number of nitrogens with one attached hydrogen (secondary N) is 1. The summed E-state index contributed by atoms with van der Waals surface area (Å²) < 4.78 is 5.42. The molecule has 0 aromatic rings. The van der Waals surface area contributed by atoms with E-state index in [9.17, 15) is 14.7 Å². The quantitative estimate of drug-likeness (QED) is 0.476. The Morgan fingerprint density at radius 3 is 1.88 bits per heavy atom. The summed E-state index contributed by atoms with van der Waals surface area (Å²) in [6, 6.07) is 1.68. The lowest BCUT2D eigenvalue weighted by molar-refractivity contribution is -0.141. The molecule has 0 aromatic carbocycles. The van der Waals surface area contributed by atoms with E-state index >= 15 is 0 Å². The van der Waals surface area contributed by atoms with Crippen molar-refractivity contribution in [1.29, 1.82) is 0 Å². The Balaban J connectivity index is 0.000000254. The minimum Gasteiger partial charge on any atom is -0.481 e. The standard InChI is InChI=1S/C14H25NO4S.C12H23N/c1-9(12(16)17)11(20-5)10-7-6-8-15(10)13(18)19-14(2,3)4;1-3-7-11(8-4-1)13-12-9-5-2-6-10-12/h9-11H,6-8H2,1-5H3,(H,16,17);11-13H,1-10H2/t9-,10+,11-;/m1./s1. The largest absolute Gasteiger partial charge is 0.481 e. The average molecular weight is 485 g/mol. The van der Waals surface area contributed by atoms with Crippen LogP contribution < -0.4 is 5.32 Å². The molecule has 1 aliphatic heterocycles. The van der Waals surface area contributed by atoms with Gasteiger partial charge in [-0.15, -0.1) is 0 Å². The van der Waals surface area contributed by atoms with Gasteiger partial charge in [0.05, 0.1) is 5.92 Å². The molecule has 3 fully saturated rings. The van der Waals surface area contributed by atoms with Crippen LogP contribution in [0.5, 0.6) is 0 Å². The molecule has 1 amide bonds. The van der Waals surface area contributed by atoms with Crippen molar-refractivity contribution >= 4 is 23.8 Å². The highest BCUT2D eigenvalue weighted by molar-refractivity contribution is 7.99. The third kappa shape index (κ3) is 9.67. The van der Waals surface area contributed by atoms with Gasteiger partial charge in [-0.3, -0.25) is 4.79 Å². The summed E-state index contributed by atoms with van der Waals surface area (Å²) >= 11 is 1.51. The van der Waals surface area contributed by atoms with Gasteiger partial charge in [0, 0.05) is 29.9 Å². The topological polar surface area (TPSA) is 78.9 Å². The van der Waals surface area contributed by atoms with Gasteiger partial charge in [0.2, 0.25) is 0 Å². The first-order chi connectivity index (χ1) is 15.6. The van der Waals surface area contributed by atoms with Crippen LogP contribution in [0.3, 0.4) is 0 Å². The smallest absolute Gasteiger partial charge is 0.410 e. The summed E-state index contributed by atoms with van der Waals surface area (Å²) in [5.41, 5.74) is -0.530. The van der Waals surface area contributed by atoms with Crippen LogP contribution in [0.1, 0.15) is 105 Å². The molecule has 0 radical (unpaired) electrons. The van der Waals surface area contributed by atoms with Gasteiger partial charge in [-0.1, -0.05) is 45.4 Å². The van der Waals surface area contributed by atoms with Crippen LogP contribution in [0, 0.1) is 5.92 Å². The molecule has 2 N–H and O–H groups in total. The SMILES string of the molecule is C1CCC(NC2CCCCC2)CC1.CS[C@H]([C@@H](C)C(=O)O)[C@@H]1CCCN1C(=O)OC(C)(C)C. The van der Waals surface area contributed by atoms with Gasteiger partial charge >= 0.3 is 12.1 Å². The van der Waals surface area contributed by atoms with E-state index in [0.717, 1.165) is 24.9 Å². The first kappa shape index (κ1) is 28.3. The van der Waals surface area contributed by atoms with E-state index < -0.39 is 17.5 Å². The summed E-state index contributed by atoms with van der Waals surface area (Å²) in [6.07, 6.45) is 17.9. The second kappa shape index (κ2) is 13.8. The maximum absolute atomic E-state index is 12.2. The molecule has 3 aliphatic rings. The fourth-order valence-electron chi connectivity index (χ4n) is 5.39. The molecule has 192 valence electrons. The van der Waals surface area contributed by atoms with Crippen LogP contribution >= 0.6 is 11.8 Å². The number of rotatable bonds is 6. The average Bonchev–Trinajstić information content (AvgIpc) is 3.25. The lowest BCUT2D eigenvalue weighted by atomic mass is 9.91. The molecule has 1 saturated heterocycles. The number of ether oxygens (including phenoxy) is 1. The Hall–Kier alpha value is -0.950. The molecule has 3 atom stereocenters. The molecule has 33 heavy (non-hydrogen) atoms. The van der Waals surface area contributed by atoms with Crippen molar-refractivity contribution in [3.63, 3.8) is 0 Å². The zero-order valence-corrected chi connectivity index (χ0v) is 22.4. The Morgan fingerprint density at radius 1 is 0.939 bits per heavy atom. The predicted octanol–water partition coefficient (Wildman–Crippen LogP) is 6.08. The van der Waals surface area contributed by atoms with Crippen LogP contribution in [-0.4, -0.2) is 63.8 Å². The fraction of sp³-hybridized carbons (Fsp3) is 0.923. The molecular formula is C26H48N2O4S. The second-order valence-electron chi connectivity index (χ2n) is 11.0. The summed E-state index contributed by atoms with van der Waals surface area (Å²) in [4.78, 5) is 25.1.